The molecule has 1 heterocycles. The first-order valence-electron chi connectivity index (χ1n) is 8.89. The molecule has 3 heteroatoms. The predicted octanol–water partition coefficient (Wildman–Crippen LogP) is 4.11. The van der Waals surface area contributed by atoms with Crippen LogP contribution >= 0.6 is 0 Å². The molecule has 2 aliphatic rings. The summed E-state index contributed by atoms with van der Waals surface area (Å²) in [5.74, 6) is 0.198. The van der Waals surface area contributed by atoms with E-state index in [0.717, 1.165) is 43.7 Å². The van der Waals surface area contributed by atoms with Crippen LogP contribution in [0, 0.1) is 5.41 Å². The SMILES string of the molecule is CCN(C)c1ccc(C(=O)N2CCCC3(CC=CCC3)C2)cc1. The summed E-state index contributed by atoms with van der Waals surface area (Å²) in [5, 5.41) is 0. The van der Waals surface area contributed by atoms with Gasteiger partial charge in [-0.15, -0.1) is 0 Å². The molecular formula is C20H28N2O. The van der Waals surface area contributed by atoms with Crippen LogP contribution in [-0.2, 0) is 0 Å². The molecule has 0 aromatic heterocycles. The van der Waals surface area contributed by atoms with Gasteiger partial charge in [-0.2, -0.15) is 0 Å². The molecule has 3 nitrogen and oxygen atoms in total. The van der Waals surface area contributed by atoms with E-state index < -0.39 is 0 Å². The number of piperidine rings is 1. The summed E-state index contributed by atoms with van der Waals surface area (Å²) in [6.07, 6.45) is 10.5. The van der Waals surface area contributed by atoms with Crippen molar-refractivity contribution in [2.24, 2.45) is 5.41 Å². The van der Waals surface area contributed by atoms with Crippen LogP contribution < -0.4 is 4.90 Å². The van der Waals surface area contributed by atoms with E-state index in [-0.39, 0.29) is 5.91 Å². The fourth-order valence-corrected chi connectivity index (χ4v) is 3.92. The maximum Gasteiger partial charge on any atom is 0.253 e. The van der Waals surface area contributed by atoms with E-state index in [1.165, 1.54) is 19.3 Å². The minimum absolute atomic E-state index is 0.198. The summed E-state index contributed by atoms with van der Waals surface area (Å²) >= 11 is 0. The number of nitrogens with zero attached hydrogens (tertiary/aromatic N) is 2. The number of benzene rings is 1. The van der Waals surface area contributed by atoms with E-state index in [4.69, 9.17) is 0 Å². The molecular weight excluding hydrogens is 284 g/mol. The molecule has 1 amide bonds. The van der Waals surface area contributed by atoms with Gasteiger partial charge in [-0.25, -0.2) is 0 Å². The summed E-state index contributed by atoms with van der Waals surface area (Å²) in [7, 11) is 2.07. The summed E-state index contributed by atoms with van der Waals surface area (Å²) in [6, 6.07) is 8.07. The molecule has 23 heavy (non-hydrogen) atoms. The topological polar surface area (TPSA) is 23.6 Å². The largest absolute Gasteiger partial charge is 0.375 e. The predicted molar refractivity (Wildman–Crippen MR) is 95.9 cm³/mol. The lowest BCUT2D eigenvalue weighted by molar-refractivity contribution is 0.0484. The molecule has 3 rings (SSSR count). The highest BCUT2D eigenvalue weighted by Crippen LogP contribution is 2.41. The number of rotatable bonds is 3. The quantitative estimate of drug-likeness (QED) is 0.784. The highest BCUT2D eigenvalue weighted by atomic mass is 16.2. The van der Waals surface area contributed by atoms with Crippen LogP contribution in [0.2, 0.25) is 0 Å². The van der Waals surface area contributed by atoms with Crippen LogP contribution in [0.4, 0.5) is 5.69 Å². The number of carbonyl (C=O) groups is 1. The highest BCUT2D eigenvalue weighted by Gasteiger charge is 2.36. The van der Waals surface area contributed by atoms with Gasteiger partial charge in [0.2, 0.25) is 0 Å². The summed E-state index contributed by atoms with van der Waals surface area (Å²) in [5.41, 5.74) is 2.32. The third-order valence-corrected chi connectivity index (χ3v) is 5.54. The molecule has 124 valence electrons. The number of hydrogen-bond donors (Lipinski definition) is 0. The van der Waals surface area contributed by atoms with Crippen molar-refractivity contribution < 1.29 is 4.79 Å². The fraction of sp³-hybridized carbons (Fsp3) is 0.550. The zero-order chi connectivity index (χ0) is 16.3. The molecule has 1 saturated heterocycles. The highest BCUT2D eigenvalue weighted by molar-refractivity contribution is 5.94. The standard InChI is InChI=1S/C20H28N2O/c1-3-21(2)18-10-8-17(9-11-18)19(23)22-15-7-14-20(16-22)12-5-4-6-13-20/h4-5,8-11H,3,6-7,12-16H2,1-2H3. The Hall–Kier alpha value is -1.77. The Morgan fingerprint density at radius 3 is 2.65 bits per heavy atom. The molecule has 0 radical (unpaired) electrons. The van der Waals surface area contributed by atoms with Crippen LogP contribution in [0.3, 0.4) is 0 Å². The molecule has 1 spiro atoms. The van der Waals surface area contributed by atoms with Gasteiger partial charge >= 0.3 is 0 Å². The average Bonchev–Trinajstić information content (AvgIpc) is 2.61. The molecule has 1 aliphatic heterocycles. The van der Waals surface area contributed by atoms with Crippen molar-refractivity contribution in [2.45, 2.75) is 39.0 Å². The Morgan fingerprint density at radius 2 is 2.00 bits per heavy atom. The third-order valence-electron chi connectivity index (χ3n) is 5.54. The number of carbonyl (C=O) groups excluding carboxylic acids is 1. The molecule has 0 bridgehead atoms. The Morgan fingerprint density at radius 1 is 1.22 bits per heavy atom. The smallest absolute Gasteiger partial charge is 0.253 e. The summed E-state index contributed by atoms with van der Waals surface area (Å²) < 4.78 is 0. The van der Waals surface area contributed by atoms with Crippen molar-refractivity contribution in [1.82, 2.24) is 4.90 Å². The van der Waals surface area contributed by atoms with Crippen LogP contribution in [0.25, 0.3) is 0 Å². The molecule has 1 fully saturated rings. The molecule has 0 saturated carbocycles. The van der Waals surface area contributed by atoms with E-state index in [9.17, 15) is 4.79 Å². The molecule has 0 N–H and O–H groups in total. The van der Waals surface area contributed by atoms with E-state index in [1.807, 2.05) is 12.1 Å². The van der Waals surface area contributed by atoms with Gasteiger partial charge in [0.15, 0.2) is 0 Å². The number of anilines is 1. The Balaban J connectivity index is 1.71. The van der Waals surface area contributed by atoms with Crippen molar-refractivity contribution >= 4 is 11.6 Å². The Labute approximate surface area is 140 Å². The number of hydrogen-bond acceptors (Lipinski definition) is 2. The Kier molecular flexibility index (Phi) is 4.74. The van der Waals surface area contributed by atoms with Gasteiger partial charge in [-0.3, -0.25) is 4.79 Å². The van der Waals surface area contributed by atoms with Crippen LogP contribution in [0.5, 0.6) is 0 Å². The van der Waals surface area contributed by atoms with Gasteiger partial charge < -0.3 is 9.80 Å². The van der Waals surface area contributed by atoms with Crippen molar-refractivity contribution in [1.29, 1.82) is 0 Å². The van der Waals surface area contributed by atoms with Gasteiger partial charge in [-0.05, 0) is 68.7 Å². The van der Waals surface area contributed by atoms with Crippen molar-refractivity contribution in [2.75, 3.05) is 31.6 Å². The normalized spacial score (nSPS) is 24.0. The van der Waals surface area contributed by atoms with E-state index in [2.05, 4.69) is 48.1 Å². The van der Waals surface area contributed by atoms with Gasteiger partial charge in [0.05, 0.1) is 0 Å². The third kappa shape index (κ3) is 3.44. The second-order valence-corrected chi connectivity index (χ2v) is 7.11. The molecule has 1 unspecified atom stereocenters. The van der Waals surface area contributed by atoms with E-state index in [0.29, 0.717) is 5.41 Å². The van der Waals surface area contributed by atoms with Gasteiger partial charge in [0.1, 0.15) is 0 Å². The van der Waals surface area contributed by atoms with Gasteiger partial charge in [-0.1, -0.05) is 12.2 Å². The minimum atomic E-state index is 0.198. The maximum atomic E-state index is 12.9. The molecule has 1 atom stereocenters. The zero-order valence-electron chi connectivity index (χ0n) is 14.4. The lowest BCUT2D eigenvalue weighted by Crippen LogP contribution is -2.46. The number of amides is 1. The van der Waals surface area contributed by atoms with Crippen molar-refractivity contribution in [3.05, 3.63) is 42.0 Å². The van der Waals surface area contributed by atoms with Crippen LogP contribution in [0.15, 0.2) is 36.4 Å². The number of allylic oxidation sites excluding steroid dienone is 2. The maximum absolute atomic E-state index is 12.9. The lowest BCUT2D eigenvalue weighted by atomic mass is 9.71. The van der Waals surface area contributed by atoms with Crippen molar-refractivity contribution in [3.63, 3.8) is 0 Å². The van der Waals surface area contributed by atoms with Gasteiger partial charge in [0.25, 0.3) is 5.91 Å². The molecule has 1 aromatic rings. The van der Waals surface area contributed by atoms with Gasteiger partial charge in [0, 0.05) is 37.9 Å². The first-order valence-corrected chi connectivity index (χ1v) is 8.89. The molecule has 1 aliphatic carbocycles. The fourth-order valence-electron chi connectivity index (χ4n) is 3.92. The monoisotopic (exact) mass is 312 g/mol. The van der Waals surface area contributed by atoms with Crippen molar-refractivity contribution in [3.8, 4) is 0 Å². The second-order valence-electron chi connectivity index (χ2n) is 7.11. The van der Waals surface area contributed by atoms with Crippen LogP contribution in [0.1, 0.15) is 49.4 Å². The minimum Gasteiger partial charge on any atom is -0.375 e. The van der Waals surface area contributed by atoms with Crippen LogP contribution in [-0.4, -0.2) is 37.5 Å². The van der Waals surface area contributed by atoms with E-state index in [1.54, 1.807) is 0 Å². The lowest BCUT2D eigenvalue weighted by Gasteiger charge is -2.44. The zero-order valence-corrected chi connectivity index (χ0v) is 14.4. The second kappa shape index (κ2) is 6.77. The van der Waals surface area contributed by atoms with E-state index >= 15 is 0 Å². The average molecular weight is 312 g/mol. The molecule has 1 aromatic carbocycles. The Bertz CT molecular complexity index is 578. The first-order chi connectivity index (χ1) is 11.1. The summed E-state index contributed by atoms with van der Waals surface area (Å²) in [6.45, 7) is 4.92. The number of likely N-dealkylation sites (tertiary alicyclic amines) is 1. The summed E-state index contributed by atoms with van der Waals surface area (Å²) in [4.78, 5) is 17.1. The first kappa shape index (κ1) is 16.1.